The van der Waals surface area contributed by atoms with Gasteiger partial charge in [-0.2, -0.15) is 0 Å². The van der Waals surface area contributed by atoms with Crippen LogP contribution in [-0.4, -0.2) is 14.7 Å². The Morgan fingerprint density at radius 1 is 1.03 bits per heavy atom. The molecular formula is C26H29ClN4S. The van der Waals surface area contributed by atoms with Crippen LogP contribution < -0.4 is 10.2 Å². The molecule has 3 heterocycles. The molecule has 2 atom stereocenters. The first kappa shape index (κ1) is 21.5. The highest BCUT2D eigenvalue weighted by Gasteiger charge is 2.42. The summed E-state index contributed by atoms with van der Waals surface area (Å²) in [5, 5.41) is 5.01. The van der Waals surface area contributed by atoms with E-state index in [9.17, 15) is 0 Å². The van der Waals surface area contributed by atoms with E-state index in [2.05, 4.69) is 45.7 Å². The predicted molar refractivity (Wildman–Crippen MR) is 135 cm³/mol. The van der Waals surface area contributed by atoms with Crippen molar-refractivity contribution >= 4 is 34.6 Å². The monoisotopic (exact) mass is 464 g/mol. The maximum atomic E-state index is 6.19. The molecular weight excluding hydrogens is 436 g/mol. The summed E-state index contributed by atoms with van der Waals surface area (Å²) < 4.78 is 2.57. The van der Waals surface area contributed by atoms with Crippen LogP contribution in [-0.2, 0) is 0 Å². The highest BCUT2D eigenvalue weighted by atomic mass is 35.5. The van der Waals surface area contributed by atoms with Crippen LogP contribution >= 0.6 is 23.8 Å². The number of anilines is 1. The summed E-state index contributed by atoms with van der Waals surface area (Å²) in [5.74, 6) is 0. The molecule has 0 amide bonds. The number of nitrogens with zero attached hydrogens (tertiary/aromatic N) is 3. The van der Waals surface area contributed by atoms with Crippen LogP contribution in [0.1, 0.15) is 72.9 Å². The van der Waals surface area contributed by atoms with E-state index < -0.39 is 0 Å². The number of hydrogen-bond donors (Lipinski definition) is 1. The molecule has 166 valence electrons. The van der Waals surface area contributed by atoms with Crippen LogP contribution in [0.5, 0.6) is 0 Å². The molecule has 1 saturated carbocycles. The second kappa shape index (κ2) is 8.87. The molecule has 2 fully saturated rings. The number of nitrogens with one attached hydrogen (secondary N) is 1. The molecule has 3 aromatic rings. The summed E-state index contributed by atoms with van der Waals surface area (Å²) in [5.41, 5.74) is 6.02. The van der Waals surface area contributed by atoms with Crippen molar-refractivity contribution in [2.45, 2.75) is 64.1 Å². The highest BCUT2D eigenvalue weighted by molar-refractivity contribution is 7.80. The molecule has 2 aliphatic rings. The number of halogens is 1. The fraction of sp³-hybridized carbons (Fsp3) is 0.385. The smallest absolute Gasteiger partial charge is 0.174 e. The van der Waals surface area contributed by atoms with Gasteiger partial charge >= 0.3 is 0 Å². The van der Waals surface area contributed by atoms with Gasteiger partial charge in [-0.3, -0.25) is 4.98 Å². The first-order chi connectivity index (χ1) is 15.5. The molecule has 5 rings (SSSR count). The van der Waals surface area contributed by atoms with E-state index in [0.29, 0.717) is 6.04 Å². The molecule has 2 aromatic heterocycles. The lowest BCUT2D eigenvalue weighted by atomic mass is 9.94. The Labute approximate surface area is 200 Å². The van der Waals surface area contributed by atoms with Crippen LogP contribution in [0.2, 0.25) is 5.02 Å². The van der Waals surface area contributed by atoms with Gasteiger partial charge in [0, 0.05) is 34.3 Å². The molecule has 0 unspecified atom stereocenters. The molecule has 0 spiro atoms. The average molecular weight is 465 g/mol. The summed E-state index contributed by atoms with van der Waals surface area (Å²) >= 11 is 12.1. The van der Waals surface area contributed by atoms with Gasteiger partial charge in [0.15, 0.2) is 5.11 Å². The third-order valence-corrected chi connectivity index (χ3v) is 7.55. The Kier molecular flexibility index (Phi) is 5.95. The van der Waals surface area contributed by atoms with Gasteiger partial charge < -0.3 is 14.8 Å². The number of aryl methyl sites for hydroxylation is 1. The van der Waals surface area contributed by atoms with Crippen LogP contribution in [0.3, 0.4) is 0 Å². The summed E-state index contributed by atoms with van der Waals surface area (Å²) in [7, 11) is 0. The minimum Gasteiger partial charge on any atom is -0.351 e. The van der Waals surface area contributed by atoms with Crippen molar-refractivity contribution in [2.24, 2.45) is 0 Å². The van der Waals surface area contributed by atoms with Gasteiger partial charge in [-0.25, -0.2) is 0 Å². The van der Waals surface area contributed by atoms with Gasteiger partial charge in [0.25, 0.3) is 0 Å². The van der Waals surface area contributed by atoms with Crippen molar-refractivity contribution in [2.75, 3.05) is 4.90 Å². The molecule has 0 bridgehead atoms. The van der Waals surface area contributed by atoms with E-state index in [0.717, 1.165) is 21.5 Å². The minimum atomic E-state index is -0.0281. The zero-order valence-electron chi connectivity index (χ0n) is 18.6. The standard InChI is InChI=1S/C26H29ClN4S/c1-17-16-22(18(2)30(17)20-8-4-3-5-9-20)25-24(23-10-6-7-15-28-23)29-26(32)31(25)21-13-11-19(27)12-14-21/h6-7,10-16,20,24-25H,3-5,8-9H2,1-2H3,(H,29,32)/t24-,25-/m0/s1. The number of rotatable bonds is 4. The second-order valence-corrected chi connectivity index (χ2v) is 9.78. The molecule has 32 heavy (non-hydrogen) atoms. The van der Waals surface area contributed by atoms with Crippen LogP contribution in [0, 0.1) is 13.8 Å². The van der Waals surface area contributed by atoms with E-state index in [-0.39, 0.29) is 12.1 Å². The molecule has 1 N–H and O–H groups in total. The second-order valence-electron chi connectivity index (χ2n) is 8.96. The lowest BCUT2D eigenvalue weighted by Crippen LogP contribution is -2.29. The lowest BCUT2D eigenvalue weighted by Gasteiger charge is -2.30. The van der Waals surface area contributed by atoms with Crippen molar-refractivity contribution in [3.05, 3.63) is 82.4 Å². The average Bonchev–Trinajstić information content (AvgIpc) is 3.31. The van der Waals surface area contributed by atoms with Crippen molar-refractivity contribution in [1.29, 1.82) is 0 Å². The molecule has 1 aromatic carbocycles. The van der Waals surface area contributed by atoms with Gasteiger partial charge in [0.2, 0.25) is 0 Å². The van der Waals surface area contributed by atoms with Gasteiger partial charge in [-0.15, -0.1) is 0 Å². The zero-order valence-corrected chi connectivity index (χ0v) is 20.2. The zero-order chi connectivity index (χ0) is 22.2. The van der Waals surface area contributed by atoms with Crippen molar-refractivity contribution in [1.82, 2.24) is 14.9 Å². The molecule has 1 aliphatic heterocycles. The maximum absolute atomic E-state index is 6.19. The Balaban J connectivity index is 1.62. The van der Waals surface area contributed by atoms with Crippen molar-refractivity contribution in [3.63, 3.8) is 0 Å². The summed E-state index contributed by atoms with van der Waals surface area (Å²) in [4.78, 5) is 6.92. The Morgan fingerprint density at radius 2 is 1.78 bits per heavy atom. The van der Waals surface area contributed by atoms with Crippen LogP contribution in [0.4, 0.5) is 5.69 Å². The normalized spacial score (nSPS) is 21.7. The summed E-state index contributed by atoms with van der Waals surface area (Å²) in [6, 6.07) is 17.0. The summed E-state index contributed by atoms with van der Waals surface area (Å²) in [6.45, 7) is 4.52. The van der Waals surface area contributed by atoms with Gasteiger partial charge in [0.05, 0.1) is 17.8 Å². The number of hydrogen-bond acceptors (Lipinski definition) is 2. The first-order valence-electron chi connectivity index (χ1n) is 11.5. The molecule has 4 nitrogen and oxygen atoms in total. The van der Waals surface area contributed by atoms with E-state index in [1.807, 2.05) is 42.6 Å². The maximum Gasteiger partial charge on any atom is 0.174 e. The van der Waals surface area contributed by atoms with Crippen LogP contribution in [0.15, 0.2) is 54.7 Å². The number of aromatic nitrogens is 2. The third kappa shape index (κ3) is 3.82. The van der Waals surface area contributed by atoms with Crippen molar-refractivity contribution < 1.29 is 0 Å². The van der Waals surface area contributed by atoms with E-state index in [4.69, 9.17) is 23.8 Å². The predicted octanol–water partition coefficient (Wildman–Crippen LogP) is 6.84. The van der Waals surface area contributed by atoms with Crippen LogP contribution in [0.25, 0.3) is 0 Å². The number of thiocarbonyl (C=S) groups is 1. The lowest BCUT2D eigenvalue weighted by molar-refractivity contribution is 0.345. The highest BCUT2D eigenvalue weighted by Crippen LogP contribution is 2.44. The number of benzene rings is 1. The Hall–Kier alpha value is -2.37. The number of pyridine rings is 1. The quantitative estimate of drug-likeness (QED) is 0.428. The fourth-order valence-corrected chi connectivity index (χ4v) is 6.03. The molecule has 0 radical (unpaired) electrons. The third-order valence-electron chi connectivity index (χ3n) is 6.98. The fourth-order valence-electron chi connectivity index (χ4n) is 5.55. The van der Waals surface area contributed by atoms with Gasteiger partial charge in [0.1, 0.15) is 0 Å². The van der Waals surface area contributed by atoms with Gasteiger partial charge in [-0.05, 0) is 86.9 Å². The van der Waals surface area contributed by atoms with E-state index in [1.165, 1.54) is 49.1 Å². The van der Waals surface area contributed by atoms with E-state index >= 15 is 0 Å². The SMILES string of the molecule is Cc1cc([C@H]2[C@H](c3ccccn3)NC(=S)N2c2ccc(Cl)cc2)c(C)n1C1CCCCC1. The topological polar surface area (TPSA) is 33.1 Å². The molecule has 1 aliphatic carbocycles. The summed E-state index contributed by atoms with van der Waals surface area (Å²) in [6.07, 6.45) is 8.38. The molecule has 1 saturated heterocycles. The van der Waals surface area contributed by atoms with Gasteiger partial charge in [-0.1, -0.05) is 36.9 Å². The Morgan fingerprint density at radius 3 is 2.47 bits per heavy atom. The van der Waals surface area contributed by atoms with Crippen molar-refractivity contribution in [3.8, 4) is 0 Å². The Bertz CT molecular complexity index is 1100. The largest absolute Gasteiger partial charge is 0.351 e. The van der Waals surface area contributed by atoms with E-state index in [1.54, 1.807) is 0 Å². The minimum absolute atomic E-state index is 0.0158. The molecule has 6 heteroatoms. The first-order valence-corrected chi connectivity index (χ1v) is 12.3.